The van der Waals surface area contributed by atoms with Crippen LogP contribution in [0.1, 0.15) is 7.43 Å². The maximum absolute atomic E-state index is 0. The van der Waals surface area contributed by atoms with Crippen molar-refractivity contribution in [2.24, 2.45) is 0 Å². The zero-order valence-corrected chi connectivity index (χ0v) is 5.02. The van der Waals surface area contributed by atoms with Crippen LogP contribution in [-0.2, 0) is 38.4 Å². The Hall–Kier alpha value is 1.44. The van der Waals surface area contributed by atoms with Crippen molar-refractivity contribution in [2.45, 2.75) is 7.43 Å². The van der Waals surface area contributed by atoms with Gasteiger partial charge in [0.05, 0.1) is 0 Å². The number of rotatable bonds is 0. The Labute approximate surface area is 56.8 Å². The van der Waals surface area contributed by atoms with Crippen molar-refractivity contribution in [1.29, 1.82) is 0 Å². The van der Waals surface area contributed by atoms with Crippen molar-refractivity contribution in [3.63, 3.8) is 0 Å². The van der Waals surface area contributed by atoms with Crippen LogP contribution in [0.15, 0.2) is 0 Å². The van der Waals surface area contributed by atoms with Gasteiger partial charge in [-0.2, -0.15) is 0 Å². The fourth-order valence-corrected chi connectivity index (χ4v) is 0. The second-order valence-electron chi connectivity index (χ2n) is 0. The van der Waals surface area contributed by atoms with Crippen molar-refractivity contribution in [3.8, 4) is 0 Å². The minimum atomic E-state index is 0. The first-order valence-electron chi connectivity index (χ1n) is 0. The van der Waals surface area contributed by atoms with Crippen LogP contribution in [0.5, 0.6) is 0 Å². The van der Waals surface area contributed by atoms with Gasteiger partial charge in [-0.15, -0.1) is 0 Å². The van der Waals surface area contributed by atoms with Gasteiger partial charge < -0.3 is 0 Å². The van der Waals surface area contributed by atoms with Crippen LogP contribution < -0.4 is 0 Å². The van der Waals surface area contributed by atoms with Gasteiger partial charge in [-0.25, -0.2) is 0 Å². The maximum Gasteiger partial charge on any atom is 0 e. The topological polar surface area (TPSA) is 0 Å². The summed E-state index contributed by atoms with van der Waals surface area (Å²) in [6.07, 6.45) is 0. The van der Waals surface area contributed by atoms with E-state index < -0.39 is 0 Å². The van der Waals surface area contributed by atoms with Gasteiger partial charge in [0, 0.05) is 38.4 Å². The van der Waals surface area contributed by atoms with Crippen LogP contribution in [0.4, 0.5) is 0 Å². The van der Waals surface area contributed by atoms with E-state index in [4.69, 9.17) is 0 Å². The van der Waals surface area contributed by atoms with Crippen LogP contribution in [0, 0.1) is 0 Å². The van der Waals surface area contributed by atoms with E-state index in [1.165, 1.54) is 0 Å². The van der Waals surface area contributed by atoms with E-state index in [0.717, 1.165) is 0 Å². The van der Waals surface area contributed by atoms with Gasteiger partial charge in [0.1, 0.15) is 0 Å². The second kappa shape index (κ2) is 25.4. The number of hydrogen-bond donors (Lipinski definition) is 0. The van der Waals surface area contributed by atoms with Gasteiger partial charge in [0.15, 0.2) is 0 Å². The van der Waals surface area contributed by atoms with Gasteiger partial charge >= 0.3 is 0 Å². The Balaban J connectivity index is 0. The van der Waals surface area contributed by atoms with Gasteiger partial charge in [-0.1, -0.05) is 7.43 Å². The molecule has 0 aliphatic carbocycles. The fraction of sp³-hybridized carbons (Fsp3) is 1.00. The maximum atomic E-state index is 0. The zero-order valence-electron chi connectivity index (χ0n) is 0.816. The van der Waals surface area contributed by atoms with E-state index in [-0.39, 0.29) is 56.8 Å². The molecule has 0 saturated heterocycles. The molecule has 4 heavy (non-hydrogen) atoms. The molecule has 0 nitrogen and oxygen atoms in total. The Morgan fingerprint density at radius 1 is 1.00 bits per heavy atom. The average molecular weight is 284 g/mol. The fourth-order valence-electron chi connectivity index (χ4n) is 0. The Morgan fingerprint density at radius 2 is 1.00 bits per heavy atom. The van der Waals surface area contributed by atoms with Crippen LogP contribution >= 0.6 is 0 Å². The summed E-state index contributed by atoms with van der Waals surface area (Å²) in [6, 6.07) is 0. The molecule has 0 N–H and O–H groups in total. The summed E-state index contributed by atoms with van der Waals surface area (Å²) in [5.41, 5.74) is 0. The van der Waals surface area contributed by atoms with Crippen LogP contribution in [0.2, 0.25) is 0 Å². The first-order valence-corrected chi connectivity index (χ1v) is 0. The SMILES string of the molecule is C.[Cr].[SiH4].[W]. The third-order valence-corrected chi connectivity index (χ3v) is 0. The molecule has 0 heterocycles. The Bertz CT molecular complexity index is 8.00. The molecule has 0 bridgehead atoms. The van der Waals surface area contributed by atoms with Crippen molar-refractivity contribution in [3.05, 3.63) is 0 Å². The first kappa shape index (κ1) is 51.8. The predicted molar refractivity (Wildman–Crippen MR) is 18.1 cm³/mol. The summed E-state index contributed by atoms with van der Waals surface area (Å²) in [6.45, 7) is 0. The summed E-state index contributed by atoms with van der Waals surface area (Å²) in [5.74, 6) is 0. The molecule has 0 fully saturated rings. The summed E-state index contributed by atoms with van der Waals surface area (Å²) in [4.78, 5) is 0. The van der Waals surface area contributed by atoms with Crippen molar-refractivity contribution in [1.82, 2.24) is 0 Å². The predicted octanol–water partition coefficient (Wildman–Crippen LogP) is -0.821. The zero-order chi connectivity index (χ0) is 0. The van der Waals surface area contributed by atoms with Gasteiger partial charge in [-0.3, -0.25) is 0 Å². The molecule has 3 heteroatoms. The van der Waals surface area contributed by atoms with Crippen LogP contribution in [0.25, 0.3) is 0 Å². The average Bonchev–Trinajstić information content (AvgIpc) is 0. The van der Waals surface area contributed by atoms with E-state index in [0.29, 0.717) is 0 Å². The minimum absolute atomic E-state index is 0. The standard InChI is InChI=1S/CH4.Cr.H4Si.W/h1H4;;1H4;. The molecule has 0 aromatic heterocycles. The van der Waals surface area contributed by atoms with Crippen LogP contribution in [-0.4, -0.2) is 11.0 Å². The molecule has 0 radical (unpaired) electrons. The molecular formula is CH8CrSiW. The van der Waals surface area contributed by atoms with Crippen molar-refractivity contribution in [2.75, 3.05) is 0 Å². The van der Waals surface area contributed by atoms with E-state index in [1.807, 2.05) is 0 Å². The molecule has 0 aliphatic rings. The first-order chi connectivity index (χ1) is 0. The third kappa shape index (κ3) is 9.88. The van der Waals surface area contributed by atoms with E-state index in [2.05, 4.69) is 0 Å². The summed E-state index contributed by atoms with van der Waals surface area (Å²) >= 11 is 0. The third-order valence-electron chi connectivity index (χ3n) is 0. The Kier molecular flexibility index (Phi) is 329. The Morgan fingerprint density at radius 3 is 1.00 bits per heavy atom. The molecule has 0 rings (SSSR count). The molecular weight excluding hydrogens is 276 g/mol. The monoisotopic (exact) mass is 284 g/mol. The quantitative estimate of drug-likeness (QED) is 0.510. The second-order valence-corrected chi connectivity index (χ2v) is 0. The number of hydrogen-bond acceptors (Lipinski definition) is 0. The molecule has 0 atom stereocenters. The minimum Gasteiger partial charge on any atom is -0.0776 e. The van der Waals surface area contributed by atoms with E-state index >= 15 is 0 Å². The molecule has 28 valence electrons. The summed E-state index contributed by atoms with van der Waals surface area (Å²) in [5, 5.41) is 0. The normalized spacial score (nSPS) is 0. The summed E-state index contributed by atoms with van der Waals surface area (Å²) in [7, 11) is 0. The molecule has 0 saturated carbocycles. The largest absolute Gasteiger partial charge is 0.0776 e. The van der Waals surface area contributed by atoms with Gasteiger partial charge in [-0.05, 0) is 11.0 Å². The molecule has 0 spiro atoms. The van der Waals surface area contributed by atoms with Crippen molar-refractivity contribution >= 4 is 11.0 Å². The van der Waals surface area contributed by atoms with Crippen molar-refractivity contribution < 1.29 is 38.4 Å². The summed E-state index contributed by atoms with van der Waals surface area (Å²) < 4.78 is 0. The smallest absolute Gasteiger partial charge is 0 e. The molecule has 0 aromatic rings. The van der Waals surface area contributed by atoms with Gasteiger partial charge in [0.25, 0.3) is 0 Å². The molecule has 0 aliphatic heterocycles. The van der Waals surface area contributed by atoms with E-state index in [1.54, 1.807) is 0 Å². The van der Waals surface area contributed by atoms with E-state index in [9.17, 15) is 0 Å². The van der Waals surface area contributed by atoms with Gasteiger partial charge in [0.2, 0.25) is 0 Å². The molecule has 0 amide bonds. The molecule has 0 unspecified atom stereocenters. The van der Waals surface area contributed by atoms with Crippen LogP contribution in [0.3, 0.4) is 0 Å². The molecule has 0 aromatic carbocycles.